The van der Waals surface area contributed by atoms with E-state index in [1.165, 1.54) is 0 Å². The molecule has 1 heterocycles. The molecule has 0 aromatic carbocycles. The number of hydrogen-bond donors (Lipinski definition) is 2. The molecule has 5 nitrogen and oxygen atoms in total. The van der Waals surface area contributed by atoms with E-state index in [-0.39, 0.29) is 12.5 Å². The Morgan fingerprint density at radius 2 is 2.40 bits per heavy atom. The van der Waals surface area contributed by atoms with E-state index in [0.29, 0.717) is 6.54 Å². The maximum Gasteiger partial charge on any atom is 0.304 e. The summed E-state index contributed by atoms with van der Waals surface area (Å²) in [5.41, 5.74) is 2.09. The molecule has 0 fully saturated rings. The van der Waals surface area contributed by atoms with Crippen molar-refractivity contribution in [3.8, 4) is 0 Å². The van der Waals surface area contributed by atoms with Crippen LogP contribution in [0.25, 0.3) is 0 Å². The fraction of sp³-hybridized carbons (Fsp3) is 0.600. The number of aliphatic carboxylic acids is 1. The topological polar surface area (TPSA) is 67.2 Å². The minimum atomic E-state index is -0.780. The highest BCUT2D eigenvalue weighted by atomic mass is 16.4. The number of aryl methyl sites for hydroxylation is 2. The predicted molar refractivity (Wildman–Crippen MR) is 56.6 cm³/mol. The second-order valence-electron chi connectivity index (χ2n) is 3.66. The van der Waals surface area contributed by atoms with Gasteiger partial charge in [0, 0.05) is 31.4 Å². The molecule has 0 radical (unpaired) electrons. The molecule has 2 N–H and O–H groups in total. The molecule has 0 saturated carbocycles. The first-order valence-corrected chi connectivity index (χ1v) is 4.96. The zero-order valence-electron chi connectivity index (χ0n) is 9.32. The number of aromatic nitrogens is 2. The van der Waals surface area contributed by atoms with Gasteiger partial charge in [-0.15, -0.1) is 0 Å². The summed E-state index contributed by atoms with van der Waals surface area (Å²) >= 11 is 0. The van der Waals surface area contributed by atoms with Gasteiger partial charge < -0.3 is 10.4 Å². The van der Waals surface area contributed by atoms with Crippen LogP contribution in [0.4, 0.5) is 0 Å². The second-order valence-corrected chi connectivity index (χ2v) is 3.66. The molecule has 1 atom stereocenters. The van der Waals surface area contributed by atoms with Gasteiger partial charge in [0.2, 0.25) is 0 Å². The largest absolute Gasteiger partial charge is 0.481 e. The van der Waals surface area contributed by atoms with Crippen LogP contribution < -0.4 is 5.32 Å². The standard InChI is InChI=1S/C10H17N3O2/c1-7(11-5-4-10(14)15)9-6-13(3)12-8(9)2/h6-7,11H,4-5H2,1-3H3,(H,14,15). The van der Waals surface area contributed by atoms with Crippen molar-refractivity contribution in [2.75, 3.05) is 6.54 Å². The fourth-order valence-corrected chi connectivity index (χ4v) is 1.55. The Bertz CT molecular complexity index is 346. The Morgan fingerprint density at radius 1 is 1.73 bits per heavy atom. The van der Waals surface area contributed by atoms with Gasteiger partial charge in [0.25, 0.3) is 0 Å². The zero-order valence-corrected chi connectivity index (χ0v) is 9.32. The Balaban J connectivity index is 2.50. The molecular formula is C10H17N3O2. The third kappa shape index (κ3) is 3.36. The molecule has 5 heteroatoms. The molecule has 0 aliphatic carbocycles. The maximum atomic E-state index is 10.3. The summed E-state index contributed by atoms with van der Waals surface area (Å²) in [6.07, 6.45) is 2.09. The van der Waals surface area contributed by atoms with Gasteiger partial charge in [-0.25, -0.2) is 0 Å². The van der Waals surface area contributed by atoms with Gasteiger partial charge in [0.15, 0.2) is 0 Å². The van der Waals surface area contributed by atoms with Crippen molar-refractivity contribution in [3.05, 3.63) is 17.5 Å². The second kappa shape index (κ2) is 4.93. The molecular weight excluding hydrogens is 194 g/mol. The summed E-state index contributed by atoms with van der Waals surface area (Å²) < 4.78 is 1.76. The molecule has 1 rings (SSSR count). The highest BCUT2D eigenvalue weighted by Crippen LogP contribution is 2.14. The van der Waals surface area contributed by atoms with Gasteiger partial charge >= 0.3 is 5.97 Å². The molecule has 1 aromatic rings. The number of carbonyl (C=O) groups is 1. The van der Waals surface area contributed by atoms with Crippen LogP contribution in [-0.4, -0.2) is 27.4 Å². The SMILES string of the molecule is Cc1nn(C)cc1C(C)NCCC(=O)O. The lowest BCUT2D eigenvalue weighted by atomic mass is 10.1. The first-order valence-electron chi connectivity index (χ1n) is 4.96. The first-order chi connectivity index (χ1) is 7.00. The van der Waals surface area contributed by atoms with Crippen molar-refractivity contribution in [2.45, 2.75) is 26.3 Å². The van der Waals surface area contributed by atoms with Crippen molar-refractivity contribution >= 4 is 5.97 Å². The summed E-state index contributed by atoms with van der Waals surface area (Å²) in [4.78, 5) is 10.3. The summed E-state index contributed by atoms with van der Waals surface area (Å²) in [5, 5.41) is 15.9. The van der Waals surface area contributed by atoms with E-state index in [9.17, 15) is 4.79 Å². The van der Waals surface area contributed by atoms with Crippen LogP contribution in [0.5, 0.6) is 0 Å². The highest BCUT2D eigenvalue weighted by Gasteiger charge is 2.11. The first kappa shape index (κ1) is 11.7. The third-order valence-electron chi connectivity index (χ3n) is 2.31. The van der Waals surface area contributed by atoms with E-state index in [0.717, 1.165) is 11.3 Å². The molecule has 84 valence electrons. The van der Waals surface area contributed by atoms with Crippen LogP contribution >= 0.6 is 0 Å². The summed E-state index contributed by atoms with van der Waals surface area (Å²) in [5.74, 6) is -0.780. The van der Waals surface area contributed by atoms with Crippen LogP contribution in [-0.2, 0) is 11.8 Å². The predicted octanol–water partition coefficient (Wildman–Crippen LogP) is 0.854. The molecule has 0 saturated heterocycles. The lowest BCUT2D eigenvalue weighted by Gasteiger charge is -2.11. The van der Waals surface area contributed by atoms with E-state index < -0.39 is 5.97 Å². The Labute approximate surface area is 89.1 Å². The number of carboxylic acids is 1. The maximum absolute atomic E-state index is 10.3. The van der Waals surface area contributed by atoms with Crippen molar-refractivity contribution in [1.29, 1.82) is 0 Å². The van der Waals surface area contributed by atoms with E-state index in [1.807, 2.05) is 27.1 Å². The molecule has 0 aliphatic heterocycles. The van der Waals surface area contributed by atoms with Crippen molar-refractivity contribution in [2.24, 2.45) is 7.05 Å². The number of nitrogens with zero attached hydrogens (tertiary/aromatic N) is 2. The monoisotopic (exact) mass is 211 g/mol. The molecule has 0 aliphatic rings. The zero-order chi connectivity index (χ0) is 11.4. The summed E-state index contributed by atoms with van der Waals surface area (Å²) in [7, 11) is 1.88. The van der Waals surface area contributed by atoms with E-state index in [2.05, 4.69) is 10.4 Å². The highest BCUT2D eigenvalue weighted by molar-refractivity contribution is 5.66. The van der Waals surface area contributed by atoms with Crippen LogP contribution in [0.1, 0.15) is 30.6 Å². The quantitative estimate of drug-likeness (QED) is 0.757. The lowest BCUT2D eigenvalue weighted by molar-refractivity contribution is -0.136. The van der Waals surface area contributed by atoms with Crippen molar-refractivity contribution < 1.29 is 9.90 Å². The Hall–Kier alpha value is -1.36. The molecule has 0 bridgehead atoms. The lowest BCUT2D eigenvalue weighted by Crippen LogP contribution is -2.22. The Morgan fingerprint density at radius 3 is 2.87 bits per heavy atom. The van der Waals surface area contributed by atoms with Gasteiger partial charge in [-0.05, 0) is 13.8 Å². The van der Waals surface area contributed by atoms with Gasteiger partial charge in [-0.1, -0.05) is 0 Å². The fourth-order valence-electron chi connectivity index (χ4n) is 1.55. The van der Waals surface area contributed by atoms with Gasteiger partial charge in [-0.2, -0.15) is 5.10 Å². The molecule has 0 amide bonds. The minimum Gasteiger partial charge on any atom is -0.481 e. The van der Waals surface area contributed by atoms with Gasteiger partial charge in [0.1, 0.15) is 0 Å². The normalized spacial score (nSPS) is 12.7. The third-order valence-corrected chi connectivity index (χ3v) is 2.31. The molecule has 15 heavy (non-hydrogen) atoms. The van der Waals surface area contributed by atoms with Crippen molar-refractivity contribution in [1.82, 2.24) is 15.1 Å². The van der Waals surface area contributed by atoms with E-state index in [1.54, 1.807) is 4.68 Å². The number of carboxylic acid groups (broad SMARTS) is 1. The van der Waals surface area contributed by atoms with Crippen LogP contribution in [0.3, 0.4) is 0 Å². The van der Waals surface area contributed by atoms with Gasteiger partial charge in [0.05, 0.1) is 12.1 Å². The summed E-state index contributed by atoms with van der Waals surface area (Å²) in [6.45, 7) is 4.43. The molecule has 0 spiro atoms. The minimum absolute atomic E-state index is 0.137. The van der Waals surface area contributed by atoms with E-state index >= 15 is 0 Å². The smallest absolute Gasteiger partial charge is 0.304 e. The average Bonchev–Trinajstić information content (AvgIpc) is 2.44. The molecule has 1 aromatic heterocycles. The van der Waals surface area contributed by atoms with Crippen LogP contribution in [0.2, 0.25) is 0 Å². The number of rotatable bonds is 5. The van der Waals surface area contributed by atoms with E-state index in [4.69, 9.17) is 5.11 Å². The average molecular weight is 211 g/mol. The van der Waals surface area contributed by atoms with Crippen LogP contribution in [0.15, 0.2) is 6.20 Å². The van der Waals surface area contributed by atoms with Gasteiger partial charge in [-0.3, -0.25) is 9.48 Å². The number of hydrogen-bond acceptors (Lipinski definition) is 3. The Kier molecular flexibility index (Phi) is 3.85. The molecule has 1 unspecified atom stereocenters. The van der Waals surface area contributed by atoms with Crippen LogP contribution in [0, 0.1) is 6.92 Å². The number of nitrogens with one attached hydrogen (secondary N) is 1. The summed E-state index contributed by atoms with van der Waals surface area (Å²) in [6, 6.07) is 0.137. The van der Waals surface area contributed by atoms with Crippen molar-refractivity contribution in [3.63, 3.8) is 0 Å².